The van der Waals surface area contributed by atoms with Crippen LogP contribution in [0.5, 0.6) is 0 Å². The predicted octanol–water partition coefficient (Wildman–Crippen LogP) is 6.69. The van der Waals surface area contributed by atoms with Gasteiger partial charge in [-0.1, -0.05) is 64.6 Å². The van der Waals surface area contributed by atoms with Crippen LogP contribution in [0.25, 0.3) is 0 Å². The van der Waals surface area contributed by atoms with Gasteiger partial charge < -0.3 is 0 Å². The van der Waals surface area contributed by atoms with E-state index in [-0.39, 0.29) is 17.9 Å². The van der Waals surface area contributed by atoms with Gasteiger partial charge >= 0.3 is 0 Å². The van der Waals surface area contributed by atoms with Gasteiger partial charge in [-0.25, -0.2) is 5.01 Å². The number of halogens is 4. The van der Waals surface area contributed by atoms with Crippen molar-refractivity contribution in [3.8, 4) is 0 Å². The molecule has 2 aliphatic heterocycles. The smallest absolute Gasteiger partial charge is 0.265 e. The lowest BCUT2D eigenvalue weighted by molar-refractivity contribution is -0.131. The van der Waals surface area contributed by atoms with Gasteiger partial charge in [0.15, 0.2) is 0 Å². The number of carbonyl (C=O) groups is 1. The molecule has 0 saturated carbocycles. The van der Waals surface area contributed by atoms with Gasteiger partial charge in [0, 0.05) is 40.3 Å². The topological polar surface area (TPSA) is 39.2 Å². The minimum absolute atomic E-state index is 0.202. The highest BCUT2D eigenvalue weighted by Crippen LogP contribution is 2.43. The van der Waals surface area contributed by atoms with Crippen molar-refractivity contribution in [2.45, 2.75) is 32.2 Å². The number of carbonyl (C=O) groups excluding carboxylic acids is 1. The highest BCUT2D eigenvalue weighted by Gasteiger charge is 2.42. The highest BCUT2D eigenvalue weighted by molar-refractivity contribution is 9.10. The number of hydrogen-bond acceptors (Lipinski definition) is 4. The molecule has 0 aliphatic carbocycles. The molecule has 2 aromatic carbocycles. The Balaban J connectivity index is 1.71. The molecule has 2 atom stereocenters. The second-order valence-corrected chi connectivity index (χ2v) is 9.87. The third kappa shape index (κ3) is 4.74. The van der Waals surface area contributed by atoms with Crippen LogP contribution in [0.4, 0.5) is 5.69 Å². The highest BCUT2D eigenvalue weighted by atomic mass is 79.9. The lowest BCUT2D eigenvalue weighted by atomic mass is 9.91. The normalized spacial score (nSPS) is 21.8. The molecule has 2 aromatic rings. The zero-order valence-corrected chi connectivity index (χ0v) is 20.8. The van der Waals surface area contributed by atoms with E-state index >= 15 is 0 Å². The summed E-state index contributed by atoms with van der Waals surface area (Å²) in [5.74, 6) is -0.503. The fraction of sp³-hybridized carbons (Fsp3) is 0.364. The third-order valence-corrected chi connectivity index (χ3v) is 7.15. The van der Waals surface area contributed by atoms with Gasteiger partial charge in [-0.2, -0.15) is 9.63 Å². The monoisotopic (exact) mass is 542 g/mol. The van der Waals surface area contributed by atoms with Crippen LogP contribution in [0, 0.1) is 5.92 Å². The summed E-state index contributed by atoms with van der Waals surface area (Å²) < 4.78 is 2.19. The Morgan fingerprint density at radius 1 is 1.10 bits per heavy atom. The van der Waals surface area contributed by atoms with Crippen molar-refractivity contribution in [3.05, 3.63) is 62.5 Å². The van der Waals surface area contributed by atoms with Crippen molar-refractivity contribution in [1.82, 2.24) is 9.54 Å². The van der Waals surface area contributed by atoms with E-state index in [1.165, 1.54) is 4.53 Å². The molecule has 2 heterocycles. The van der Waals surface area contributed by atoms with E-state index in [4.69, 9.17) is 40.1 Å². The van der Waals surface area contributed by atoms with Crippen LogP contribution < -0.4 is 5.01 Å². The maximum atomic E-state index is 13.3. The van der Waals surface area contributed by atoms with E-state index in [2.05, 4.69) is 15.9 Å². The van der Waals surface area contributed by atoms with Crippen molar-refractivity contribution < 1.29 is 4.79 Å². The van der Waals surface area contributed by atoms with E-state index in [9.17, 15) is 4.79 Å². The van der Waals surface area contributed by atoms with Crippen LogP contribution in [0.2, 0.25) is 10.0 Å². The molecule has 0 bridgehead atoms. The summed E-state index contributed by atoms with van der Waals surface area (Å²) >= 11 is 22.6. The first-order chi connectivity index (χ1) is 14.9. The molecule has 0 N–H and O–H groups in total. The minimum Gasteiger partial charge on any atom is -0.265 e. The standard InChI is InChI=1S/C22H22BrCl3N4O/c1-14-20(22(31)30(26)28-11-3-2-4-12-28)27-29(19-10-9-17(24)13-18(19)25)21(14)15-5-7-16(23)8-6-15/h5-10,13-14,21H,2-4,11-12H2,1H3/t14-,21+/m1/s1. The SMILES string of the molecule is C[C@@H]1C(C(=O)N(Cl)N2CCCCC2)=NN(c2ccc(Cl)cc2Cl)[C@@H]1c1ccc(Br)cc1. The van der Waals surface area contributed by atoms with Crippen LogP contribution in [0.1, 0.15) is 37.8 Å². The molecular weight excluding hydrogens is 523 g/mol. The molecule has 2 aliphatic rings. The van der Waals surface area contributed by atoms with Crippen LogP contribution in [0.15, 0.2) is 52.0 Å². The Hall–Kier alpha value is -1.31. The maximum Gasteiger partial charge on any atom is 0.299 e. The first-order valence-electron chi connectivity index (χ1n) is 10.2. The second kappa shape index (κ2) is 9.67. The molecule has 0 unspecified atom stereocenters. The number of piperidine rings is 1. The third-order valence-electron chi connectivity index (χ3n) is 5.72. The summed E-state index contributed by atoms with van der Waals surface area (Å²) in [5, 5.41) is 9.44. The van der Waals surface area contributed by atoms with E-state index in [0.717, 1.165) is 42.4 Å². The molecule has 1 saturated heterocycles. The lowest BCUT2D eigenvalue weighted by Crippen LogP contribution is -2.46. The summed E-state index contributed by atoms with van der Waals surface area (Å²) in [4.78, 5) is 13.3. The number of hydrogen-bond donors (Lipinski definition) is 0. The van der Waals surface area contributed by atoms with Crippen LogP contribution >= 0.6 is 50.9 Å². The number of amides is 1. The number of rotatable bonds is 4. The Morgan fingerprint density at radius 2 is 1.77 bits per heavy atom. The fourth-order valence-electron chi connectivity index (χ4n) is 4.10. The van der Waals surface area contributed by atoms with E-state index < -0.39 is 0 Å². The van der Waals surface area contributed by atoms with Crippen molar-refractivity contribution in [3.63, 3.8) is 0 Å². The van der Waals surface area contributed by atoms with Gasteiger partial charge in [0.05, 0.1) is 16.8 Å². The Labute approximate surface area is 205 Å². The molecular formula is C22H22BrCl3N4O. The molecule has 9 heteroatoms. The molecule has 4 rings (SSSR count). The first-order valence-corrected chi connectivity index (χ1v) is 12.1. The lowest BCUT2D eigenvalue weighted by Gasteiger charge is -2.32. The van der Waals surface area contributed by atoms with Crippen LogP contribution in [0.3, 0.4) is 0 Å². The van der Waals surface area contributed by atoms with Crippen molar-refractivity contribution >= 4 is 68.2 Å². The molecule has 31 heavy (non-hydrogen) atoms. The Kier molecular flexibility index (Phi) is 7.14. The molecule has 1 fully saturated rings. The maximum absolute atomic E-state index is 13.3. The van der Waals surface area contributed by atoms with Gasteiger partial charge in [0.25, 0.3) is 5.91 Å². The van der Waals surface area contributed by atoms with Crippen molar-refractivity contribution in [2.75, 3.05) is 18.1 Å². The van der Waals surface area contributed by atoms with Crippen molar-refractivity contribution in [1.29, 1.82) is 0 Å². The summed E-state index contributed by atoms with van der Waals surface area (Å²) in [6, 6.07) is 13.1. The zero-order chi connectivity index (χ0) is 22.1. The van der Waals surface area contributed by atoms with Gasteiger partial charge in [0.1, 0.15) is 5.71 Å². The van der Waals surface area contributed by atoms with Gasteiger partial charge in [-0.3, -0.25) is 9.80 Å². The number of hydrazine groups is 1. The van der Waals surface area contributed by atoms with Crippen LogP contribution in [-0.4, -0.2) is 34.2 Å². The zero-order valence-electron chi connectivity index (χ0n) is 16.9. The fourth-order valence-corrected chi connectivity index (χ4v) is 5.10. The minimum atomic E-state index is -0.300. The molecule has 5 nitrogen and oxygen atoms in total. The molecule has 164 valence electrons. The summed E-state index contributed by atoms with van der Waals surface area (Å²) in [6.07, 6.45) is 3.19. The Morgan fingerprint density at radius 3 is 2.42 bits per heavy atom. The van der Waals surface area contributed by atoms with E-state index in [1.54, 1.807) is 17.1 Å². The molecule has 0 radical (unpaired) electrons. The number of hydrazone groups is 1. The second-order valence-electron chi connectivity index (χ2n) is 7.79. The largest absolute Gasteiger partial charge is 0.299 e. The average molecular weight is 545 g/mol. The van der Waals surface area contributed by atoms with E-state index in [1.807, 2.05) is 42.3 Å². The number of nitrogens with zero attached hydrogens (tertiary/aromatic N) is 4. The van der Waals surface area contributed by atoms with Gasteiger partial charge in [-0.05, 0) is 48.7 Å². The van der Waals surface area contributed by atoms with E-state index in [0.29, 0.717) is 21.4 Å². The van der Waals surface area contributed by atoms with Crippen LogP contribution in [-0.2, 0) is 4.79 Å². The number of benzene rings is 2. The first kappa shape index (κ1) is 22.9. The van der Waals surface area contributed by atoms with Gasteiger partial charge in [0.2, 0.25) is 0 Å². The molecule has 1 amide bonds. The van der Waals surface area contributed by atoms with Crippen molar-refractivity contribution in [2.24, 2.45) is 11.0 Å². The molecule has 0 spiro atoms. The average Bonchev–Trinajstić information content (AvgIpc) is 3.10. The number of anilines is 1. The summed E-state index contributed by atoms with van der Waals surface area (Å²) in [5.41, 5.74) is 2.11. The summed E-state index contributed by atoms with van der Waals surface area (Å²) in [7, 11) is 0. The molecule has 0 aromatic heterocycles. The quantitative estimate of drug-likeness (QED) is 0.403. The summed E-state index contributed by atoms with van der Waals surface area (Å²) in [6.45, 7) is 3.52. The predicted molar refractivity (Wildman–Crippen MR) is 131 cm³/mol. The van der Waals surface area contributed by atoms with Gasteiger partial charge in [-0.15, -0.1) is 0 Å². The Bertz CT molecular complexity index is 995.